The van der Waals surface area contributed by atoms with Gasteiger partial charge in [-0.05, 0) is 45.3 Å². The average molecular weight is 242 g/mol. The number of hydrogen-bond acceptors (Lipinski definition) is 3. The van der Waals surface area contributed by atoms with E-state index in [-0.39, 0.29) is 12.0 Å². The molecule has 4 nitrogen and oxygen atoms in total. The van der Waals surface area contributed by atoms with Crippen molar-refractivity contribution < 1.29 is 9.90 Å². The van der Waals surface area contributed by atoms with Crippen LogP contribution in [-0.2, 0) is 4.79 Å². The molecule has 1 aliphatic heterocycles. The van der Waals surface area contributed by atoms with Crippen molar-refractivity contribution in [1.82, 2.24) is 10.2 Å². The molecule has 0 aromatic heterocycles. The minimum atomic E-state index is -0.693. The lowest BCUT2D eigenvalue weighted by molar-refractivity contribution is -0.143. The highest BCUT2D eigenvalue weighted by molar-refractivity contribution is 5.70. The molecule has 0 aliphatic carbocycles. The number of carbonyl (C=O) groups is 1. The molecule has 1 fully saturated rings. The summed E-state index contributed by atoms with van der Waals surface area (Å²) in [5.74, 6) is -0.266. The van der Waals surface area contributed by atoms with Crippen LogP contribution in [0.4, 0.5) is 0 Å². The topological polar surface area (TPSA) is 52.6 Å². The molecule has 0 spiro atoms. The largest absolute Gasteiger partial charge is 0.481 e. The number of rotatable bonds is 6. The lowest BCUT2D eigenvalue weighted by Crippen LogP contribution is -2.44. The summed E-state index contributed by atoms with van der Waals surface area (Å²) in [5.41, 5.74) is 0. The van der Waals surface area contributed by atoms with Crippen LogP contribution in [0.2, 0.25) is 0 Å². The van der Waals surface area contributed by atoms with Gasteiger partial charge in [-0.3, -0.25) is 9.69 Å². The molecular weight excluding hydrogens is 216 g/mol. The van der Waals surface area contributed by atoms with Gasteiger partial charge in [0.2, 0.25) is 0 Å². The maximum atomic E-state index is 11.0. The lowest BCUT2D eigenvalue weighted by atomic mass is 9.95. The number of hydrogen-bond donors (Lipinski definition) is 2. The van der Waals surface area contributed by atoms with Gasteiger partial charge in [-0.25, -0.2) is 0 Å². The van der Waals surface area contributed by atoms with E-state index < -0.39 is 5.97 Å². The highest BCUT2D eigenvalue weighted by Gasteiger charge is 2.26. The van der Waals surface area contributed by atoms with Crippen LogP contribution in [-0.4, -0.2) is 48.2 Å². The van der Waals surface area contributed by atoms with E-state index in [2.05, 4.69) is 17.1 Å². The van der Waals surface area contributed by atoms with Gasteiger partial charge in [-0.2, -0.15) is 0 Å². The second-order valence-corrected chi connectivity index (χ2v) is 5.15. The van der Waals surface area contributed by atoms with Gasteiger partial charge in [0.25, 0.3) is 0 Å². The molecule has 2 unspecified atom stereocenters. The Morgan fingerprint density at radius 3 is 2.47 bits per heavy atom. The van der Waals surface area contributed by atoms with Crippen LogP contribution in [0.25, 0.3) is 0 Å². The second kappa shape index (κ2) is 6.97. The Balaban J connectivity index is 2.48. The standard InChI is InChI=1S/C13H26N2O2/c1-4-15(11(3)10(2)13(16)17)9-12-5-7-14-8-6-12/h10-12,14H,4-9H2,1-3H3,(H,16,17). The van der Waals surface area contributed by atoms with Gasteiger partial charge in [-0.15, -0.1) is 0 Å². The van der Waals surface area contributed by atoms with Crippen molar-refractivity contribution in [3.63, 3.8) is 0 Å². The van der Waals surface area contributed by atoms with E-state index in [0.717, 1.165) is 32.1 Å². The third-order valence-corrected chi connectivity index (χ3v) is 4.05. The number of carboxylic acid groups (broad SMARTS) is 1. The zero-order valence-corrected chi connectivity index (χ0v) is 11.3. The van der Waals surface area contributed by atoms with Crippen LogP contribution < -0.4 is 5.32 Å². The molecule has 1 aliphatic rings. The lowest BCUT2D eigenvalue weighted by Gasteiger charge is -2.35. The maximum Gasteiger partial charge on any atom is 0.307 e. The number of piperidine rings is 1. The predicted molar refractivity (Wildman–Crippen MR) is 69.1 cm³/mol. The third-order valence-electron chi connectivity index (χ3n) is 4.05. The number of nitrogens with one attached hydrogen (secondary N) is 1. The molecule has 1 rings (SSSR count). The first-order chi connectivity index (χ1) is 8.06. The Morgan fingerprint density at radius 1 is 1.41 bits per heavy atom. The highest BCUT2D eigenvalue weighted by Crippen LogP contribution is 2.18. The fraction of sp³-hybridized carbons (Fsp3) is 0.923. The van der Waals surface area contributed by atoms with Crippen molar-refractivity contribution in [2.45, 2.75) is 39.7 Å². The fourth-order valence-corrected chi connectivity index (χ4v) is 2.50. The number of aliphatic carboxylic acids is 1. The first kappa shape index (κ1) is 14.5. The van der Waals surface area contributed by atoms with E-state index in [4.69, 9.17) is 5.11 Å². The molecule has 0 saturated carbocycles. The molecule has 0 bridgehead atoms. The van der Waals surface area contributed by atoms with E-state index in [0.29, 0.717) is 0 Å². The molecule has 0 aromatic carbocycles. The second-order valence-electron chi connectivity index (χ2n) is 5.15. The summed E-state index contributed by atoms with van der Waals surface area (Å²) >= 11 is 0. The van der Waals surface area contributed by atoms with E-state index in [1.54, 1.807) is 6.92 Å². The van der Waals surface area contributed by atoms with Crippen molar-refractivity contribution in [2.75, 3.05) is 26.2 Å². The SMILES string of the molecule is CCN(CC1CCNCC1)C(C)C(C)C(=O)O. The van der Waals surface area contributed by atoms with Crippen molar-refractivity contribution in [3.05, 3.63) is 0 Å². The molecular formula is C13H26N2O2. The van der Waals surface area contributed by atoms with Crippen molar-refractivity contribution >= 4 is 5.97 Å². The number of carboxylic acids is 1. The van der Waals surface area contributed by atoms with Crippen LogP contribution in [0.3, 0.4) is 0 Å². The average Bonchev–Trinajstić information content (AvgIpc) is 2.35. The minimum absolute atomic E-state index is 0.118. The molecule has 0 radical (unpaired) electrons. The molecule has 1 saturated heterocycles. The third kappa shape index (κ3) is 4.28. The highest BCUT2D eigenvalue weighted by atomic mass is 16.4. The summed E-state index contributed by atoms with van der Waals surface area (Å²) in [6, 6.07) is 0.118. The van der Waals surface area contributed by atoms with Crippen molar-refractivity contribution in [2.24, 2.45) is 11.8 Å². The van der Waals surface area contributed by atoms with Crippen LogP contribution in [0, 0.1) is 11.8 Å². The van der Waals surface area contributed by atoms with Crippen LogP contribution >= 0.6 is 0 Å². The Labute approximate surface area is 104 Å². The van der Waals surface area contributed by atoms with E-state index in [1.165, 1.54) is 12.8 Å². The Bertz CT molecular complexity index is 240. The summed E-state index contributed by atoms with van der Waals surface area (Å²) in [6.07, 6.45) is 2.43. The summed E-state index contributed by atoms with van der Waals surface area (Å²) in [5, 5.41) is 12.4. The van der Waals surface area contributed by atoms with Crippen molar-refractivity contribution in [3.8, 4) is 0 Å². The van der Waals surface area contributed by atoms with Gasteiger partial charge >= 0.3 is 5.97 Å². The van der Waals surface area contributed by atoms with Crippen LogP contribution in [0.15, 0.2) is 0 Å². The first-order valence-electron chi connectivity index (χ1n) is 6.73. The predicted octanol–water partition coefficient (Wildman–Crippen LogP) is 1.42. The molecule has 1 heterocycles. The Kier molecular flexibility index (Phi) is 5.92. The summed E-state index contributed by atoms with van der Waals surface area (Å²) in [7, 11) is 0. The van der Waals surface area contributed by atoms with Gasteiger partial charge in [0.15, 0.2) is 0 Å². The summed E-state index contributed by atoms with van der Waals surface area (Å²) in [6.45, 7) is 10.1. The van der Waals surface area contributed by atoms with Crippen LogP contribution in [0.5, 0.6) is 0 Å². The molecule has 0 amide bonds. The van der Waals surface area contributed by atoms with Gasteiger partial charge < -0.3 is 10.4 Å². The zero-order chi connectivity index (χ0) is 12.8. The first-order valence-corrected chi connectivity index (χ1v) is 6.73. The van der Waals surface area contributed by atoms with Gasteiger partial charge in [0.05, 0.1) is 5.92 Å². The Morgan fingerprint density at radius 2 is 2.00 bits per heavy atom. The summed E-state index contributed by atoms with van der Waals surface area (Å²) < 4.78 is 0. The zero-order valence-electron chi connectivity index (χ0n) is 11.3. The molecule has 2 N–H and O–H groups in total. The van der Waals surface area contributed by atoms with Gasteiger partial charge in [0.1, 0.15) is 0 Å². The normalized spacial score (nSPS) is 21.4. The molecule has 0 aromatic rings. The fourth-order valence-electron chi connectivity index (χ4n) is 2.50. The summed E-state index contributed by atoms with van der Waals surface area (Å²) in [4.78, 5) is 13.3. The minimum Gasteiger partial charge on any atom is -0.481 e. The van der Waals surface area contributed by atoms with Crippen LogP contribution in [0.1, 0.15) is 33.6 Å². The molecule has 4 heteroatoms. The maximum absolute atomic E-state index is 11.0. The molecule has 100 valence electrons. The van der Waals surface area contributed by atoms with Crippen molar-refractivity contribution in [1.29, 1.82) is 0 Å². The van der Waals surface area contributed by atoms with E-state index in [9.17, 15) is 4.79 Å². The molecule has 17 heavy (non-hydrogen) atoms. The Hall–Kier alpha value is -0.610. The number of nitrogens with zero attached hydrogens (tertiary/aromatic N) is 1. The van der Waals surface area contributed by atoms with E-state index in [1.807, 2.05) is 6.92 Å². The van der Waals surface area contributed by atoms with Gasteiger partial charge in [-0.1, -0.05) is 13.8 Å². The van der Waals surface area contributed by atoms with Gasteiger partial charge in [0, 0.05) is 12.6 Å². The quantitative estimate of drug-likeness (QED) is 0.739. The van der Waals surface area contributed by atoms with E-state index >= 15 is 0 Å². The monoisotopic (exact) mass is 242 g/mol. The smallest absolute Gasteiger partial charge is 0.307 e. The molecule has 2 atom stereocenters.